The van der Waals surface area contributed by atoms with Gasteiger partial charge in [0.25, 0.3) is 11.3 Å². The van der Waals surface area contributed by atoms with Crippen LogP contribution in [0.5, 0.6) is 0 Å². The Morgan fingerprint density at radius 1 is 0.738 bits per heavy atom. The summed E-state index contributed by atoms with van der Waals surface area (Å²) in [7, 11) is 0. The Morgan fingerprint density at radius 3 is 1.76 bits per heavy atom. The Morgan fingerprint density at radius 2 is 1.24 bits per heavy atom. The second-order valence-electron chi connectivity index (χ2n) is 9.78. The molecule has 0 saturated carbocycles. The van der Waals surface area contributed by atoms with Crippen LogP contribution in [-0.2, 0) is 20.8 Å². The second-order valence-corrected chi connectivity index (χ2v) is 12.0. The van der Waals surface area contributed by atoms with Gasteiger partial charge < -0.3 is 9.52 Å². The van der Waals surface area contributed by atoms with Crippen molar-refractivity contribution in [1.29, 1.82) is 0 Å². The number of hydrogen-bond donors (Lipinski definition) is 2. The molecule has 0 saturated heterocycles. The van der Waals surface area contributed by atoms with Crippen molar-refractivity contribution in [1.82, 2.24) is 0 Å². The number of benzene rings is 5. The number of nitrogens with zero attached hydrogens (tertiary/aromatic N) is 1. The van der Waals surface area contributed by atoms with E-state index in [1.54, 1.807) is 18.2 Å². The van der Waals surface area contributed by atoms with Gasteiger partial charge in [-0.25, -0.2) is 4.21 Å². The number of carboxylic acids is 1. The van der Waals surface area contributed by atoms with Crippen molar-refractivity contribution in [2.24, 2.45) is 0 Å². The summed E-state index contributed by atoms with van der Waals surface area (Å²) in [4.78, 5) is 12.4. The molecule has 5 aromatic carbocycles. The van der Waals surface area contributed by atoms with Crippen LogP contribution < -0.4 is 4.31 Å². The van der Waals surface area contributed by atoms with Crippen molar-refractivity contribution in [2.75, 3.05) is 4.31 Å². The zero-order valence-corrected chi connectivity index (χ0v) is 24.0. The molecular formula is C34H27NO5S2. The minimum atomic E-state index is -2.55. The van der Waals surface area contributed by atoms with Crippen LogP contribution in [0.4, 0.5) is 5.69 Å². The smallest absolute Gasteiger partial charge is 0.306 e. The highest BCUT2D eigenvalue weighted by atomic mass is 32.2. The lowest BCUT2D eigenvalue weighted by Gasteiger charge is -2.40. The third kappa shape index (κ3) is 5.20. The zero-order valence-electron chi connectivity index (χ0n) is 22.4. The quantitative estimate of drug-likeness (QED) is 0.0949. The van der Waals surface area contributed by atoms with Gasteiger partial charge in [-0.05, 0) is 41.0 Å². The molecule has 6 rings (SSSR count). The van der Waals surface area contributed by atoms with Gasteiger partial charge >= 0.3 is 5.97 Å². The van der Waals surface area contributed by atoms with Gasteiger partial charge in [0.15, 0.2) is 0 Å². The molecule has 6 aromatic rings. The maximum Gasteiger partial charge on any atom is 0.306 e. The molecular weight excluding hydrogens is 567 g/mol. The van der Waals surface area contributed by atoms with Crippen LogP contribution in [-0.4, -0.2) is 25.2 Å². The monoisotopic (exact) mass is 593 g/mol. The van der Waals surface area contributed by atoms with Crippen LogP contribution in [0.1, 0.15) is 23.1 Å². The van der Waals surface area contributed by atoms with Gasteiger partial charge in [-0.3, -0.25) is 13.7 Å². The topological polar surface area (TPSA) is 91.0 Å². The van der Waals surface area contributed by atoms with E-state index >= 15 is 0 Å². The highest BCUT2D eigenvalue weighted by molar-refractivity contribution is 8.02. The van der Waals surface area contributed by atoms with Gasteiger partial charge in [-0.1, -0.05) is 109 Å². The molecule has 2 N–H and O–H groups in total. The van der Waals surface area contributed by atoms with Gasteiger partial charge in [0.2, 0.25) is 0 Å². The predicted molar refractivity (Wildman–Crippen MR) is 170 cm³/mol. The SMILES string of the molecule is O=C(O)CC(SC(c1ccccc1)(c1ccccc1)c1ccccc1)N(c1ccc2oc3ccccc3c2c1)S(=O)O. The molecule has 2 unspecified atom stereocenters. The van der Waals surface area contributed by atoms with Gasteiger partial charge in [0, 0.05) is 10.8 Å². The van der Waals surface area contributed by atoms with Crippen molar-refractivity contribution < 1.29 is 23.1 Å². The van der Waals surface area contributed by atoms with E-state index in [-0.39, 0.29) is 0 Å². The maximum absolute atomic E-state index is 13.2. The van der Waals surface area contributed by atoms with Crippen molar-refractivity contribution in [2.45, 2.75) is 16.5 Å². The molecule has 2 atom stereocenters. The van der Waals surface area contributed by atoms with E-state index in [1.165, 1.54) is 16.1 Å². The van der Waals surface area contributed by atoms with Gasteiger partial charge in [-0.15, -0.1) is 11.8 Å². The number of aliphatic carboxylic acids is 1. The van der Waals surface area contributed by atoms with Crippen molar-refractivity contribution in [3.05, 3.63) is 150 Å². The number of hydrogen-bond acceptors (Lipinski definition) is 4. The number of rotatable bonds is 10. The van der Waals surface area contributed by atoms with E-state index in [0.29, 0.717) is 16.9 Å². The van der Waals surface area contributed by atoms with Crippen LogP contribution in [0.2, 0.25) is 0 Å². The van der Waals surface area contributed by atoms with Crippen molar-refractivity contribution in [3.8, 4) is 0 Å². The number of para-hydroxylation sites is 1. The largest absolute Gasteiger partial charge is 0.481 e. The first kappa shape index (κ1) is 27.8. The minimum absolute atomic E-state index is 0.393. The fraction of sp³-hybridized carbons (Fsp3) is 0.0882. The summed E-state index contributed by atoms with van der Waals surface area (Å²) >= 11 is -1.21. The average molecular weight is 594 g/mol. The Hall–Kier alpha value is -4.37. The molecule has 1 aromatic heterocycles. The highest BCUT2D eigenvalue weighted by Gasteiger charge is 2.42. The molecule has 0 aliphatic rings. The number of furan rings is 1. The van der Waals surface area contributed by atoms with E-state index in [1.807, 2.05) is 115 Å². The lowest BCUT2D eigenvalue weighted by Crippen LogP contribution is -2.40. The normalized spacial score (nSPS) is 13.2. The number of anilines is 1. The lowest BCUT2D eigenvalue weighted by atomic mass is 9.84. The Balaban J connectivity index is 1.56. The summed E-state index contributed by atoms with van der Waals surface area (Å²) in [5.74, 6) is -1.08. The summed E-state index contributed by atoms with van der Waals surface area (Å²) in [6.45, 7) is 0. The third-order valence-electron chi connectivity index (χ3n) is 7.25. The molecule has 0 spiro atoms. The van der Waals surface area contributed by atoms with Crippen LogP contribution in [0.3, 0.4) is 0 Å². The van der Waals surface area contributed by atoms with Gasteiger partial charge in [0.05, 0.1) is 16.9 Å². The van der Waals surface area contributed by atoms with Crippen molar-refractivity contribution in [3.63, 3.8) is 0 Å². The van der Waals surface area contributed by atoms with E-state index < -0.39 is 33.8 Å². The molecule has 0 radical (unpaired) electrons. The fourth-order valence-corrected chi connectivity index (χ4v) is 8.04. The van der Waals surface area contributed by atoms with Crippen LogP contribution in [0, 0.1) is 0 Å². The molecule has 210 valence electrons. The minimum Gasteiger partial charge on any atom is -0.481 e. The fourth-order valence-electron chi connectivity index (χ4n) is 5.46. The predicted octanol–water partition coefficient (Wildman–Crippen LogP) is 8.06. The Kier molecular flexibility index (Phi) is 7.84. The molecule has 42 heavy (non-hydrogen) atoms. The first-order valence-electron chi connectivity index (χ1n) is 13.3. The third-order valence-corrected chi connectivity index (χ3v) is 9.89. The molecule has 6 nitrogen and oxygen atoms in total. The van der Waals surface area contributed by atoms with E-state index in [2.05, 4.69) is 0 Å². The number of fused-ring (bicyclic) bond motifs is 3. The number of carboxylic acid groups (broad SMARTS) is 1. The van der Waals surface area contributed by atoms with Crippen LogP contribution in [0.25, 0.3) is 21.9 Å². The van der Waals surface area contributed by atoms with Gasteiger partial charge in [-0.2, -0.15) is 0 Å². The molecule has 1 heterocycles. The summed E-state index contributed by atoms with van der Waals surface area (Å²) in [5.41, 5.74) is 4.51. The molecule has 0 bridgehead atoms. The average Bonchev–Trinajstić information content (AvgIpc) is 3.39. The van der Waals surface area contributed by atoms with Gasteiger partial charge in [0.1, 0.15) is 16.5 Å². The lowest BCUT2D eigenvalue weighted by molar-refractivity contribution is -0.136. The number of thioether (sulfide) groups is 1. The zero-order chi connectivity index (χ0) is 29.1. The van der Waals surface area contributed by atoms with E-state index in [0.717, 1.165) is 27.5 Å². The van der Waals surface area contributed by atoms with Crippen LogP contribution >= 0.6 is 11.8 Å². The molecule has 0 amide bonds. The number of carbonyl (C=O) groups is 1. The van der Waals surface area contributed by atoms with Crippen LogP contribution in [0.15, 0.2) is 138 Å². The Labute approximate surface area is 250 Å². The molecule has 0 fully saturated rings. The molecule has 0 aliphatic carbocycles. The summed E-state index contributed by atoms with van der Waals surface area (Å²) in [6, 6.07) is 42.4. The second kappa shape index (κ2) is 11.9. The first-order chi connectivity index (χ1) is 20.5. The summed E-state index contributed by atoms with van der Waals surface area (Å²) < 4.78 is 30.3. The molecule has 0 aliphatic heterocycles. The highest BCUT2D eigenvalue weighted by Crippen LogP contribution is 2.52. The summed E-state index contributed by atoms with van der Waals surface area (Å²) in [6.07, 6.45) is -0.393. The first-order valence-corrected chi connectivity index (χ1v) is 15.3. The maximum atomic E-state index is 13.2. The molecule has 8 heteroatoms. The van der Waals surface area contributed by atoms with E-state index in [4.69, 9.17) is 4.42 Å². The standard InChI is InChI=1S/C34H27NO5S2/c36-33(37)23-32(35(42(38)39)27-20-21-31-29(22-27)28-18-10-11-19-30(28)40-31)41-34(24-12-4-1-5-13-24,25-14-6-2-7-15-25)26-16-8-3-9-17-26/h1-22,32H,23H2,(H,36,37)(H,38,39). The Bertz CT molecular complexity index is 1760. The van der Waals surface area contributed by atoms with Crippen molar-refractivity contribution >= 4 is 56.6 Å². The van der Waals surface area contributed by atoms with E-state index in [9.17, 15) is 18.7 Å². The summed E-state index contributed by atoms with van der Waals surface area (Å²) in [5, 5.41) is 10.8.